The zero-order chi connectivity index (χ0) is 19.8. The highest BCUT2D eigenvalue weighted by Gasteiger charge is 2.16. The highest BCUT2D eigenvalue weighted by Crippen LogP contribution is 2.29. The van der Waals surface area contributed by atoms with Gasteiger partial charge in [-0.05, 0) is 42.1 Å². The highest BCUT2D eigenvalue weighted by atomic mass is 31.1. The van der Waals surface area contributed by atoms with Crippen LogP contribution in [0.1, 0.15) is 23.1 Å². The molecule has 3 nitrogen and oxygen atoms in total. The number of allylic oxidation sites excluding steroid dienone is 4. The summed E-state index contributed by atoms with van der Waals surface area (Å²) in [4.78, 5) is 4.23. The smallest absolute Gasteiger partial charge is 0.188 e. The number of hydrogen-bond donors (Lipinski definition) is 0. The molecular formula is C24H28NO2P. The van der Waals surface area contributed by atoms with Gasteiger partial charge < -0.3 is 9.47 Å². The third-order valence-electron chi connectivity index (χ3n) is 4.80. The molecular weight excluding hydrogens is 365 g/mol. The number of benzene rings is 2. The van der Waals surface area contributed by atoms with E-state index in [0.29, 0.717) is 14.5 Å². The van der Waals surface area contributed by atoms with Crippen molar-refractivity contribution in [1.82, 2.24) is 0 Å². The molecule has 1 aliphatic rings. The maximum atomic E-state index is 6.08. The van der Waals surface area contributed by atoms with Crippen LogP contribution in [0.5, 0.6) is 5.75 Å². The number of hydrogen-bond acceptors (Lipinski definition) is 3. The number of nitrogens with zero attached hydrogens (tertiary/aromatic N) is 1. The lowest BCUT2D eigenvalue weighted by Crippen LogP contribution is -2.17. The fourth-order valence-corrected chi connectivity index (χ4v) is 4.81. The Balaban J connectivity index is 1.95. The molecule has 0 spiro atoms. The van der Waals surface area contributed by atoms with E-state index in [-0.39, 0.29) is 6.79 Å². The van der Waals surface area contributed by atoms with Crippen molar-refractivity contribution in [3.8, 4) is 5.75 Å². The molecule has 3 rings (SSSR count). The summed E-state index contributed by atoms with van der Waals surface area (Å²) in [6.45, 7) is 2.42. The number of aryl methyl sites for hydroxylation is 1. The second kappa shape index (κ2) is 10.4. The molecule has 2 atom stereocenters. The number of methoxy groups -OCH3 is 1. The summed E-state index contributed by atoms with van der Waals surface area (Å²) in [7, 11) is 3.98. The van der Waals surface area contributed by atoms with Crippen LogP contribution in [0.4, 0.5) is 0 Å². The Hall–Kier alpha value is -2.22. The van der Waals surface area contributed by atoms with Crippen LogP contribution in [0.2, 0.25) is 0 Å². The molecule has 0 N–H and O–H groups in total. The summed E-state index contributed by atoms with van der Waals surface area (Å²) in [6, 6.07) is 12.9. The first-order valence-electron chi connectivity index (χ1n) is 9.58. The van der Waals surface area contributed by atoms with E-state index in [1.807, 2.05) is 13.3 Å². The molecule has 4 heteroatoms. The minimum Gasteiger partial charge on any atom is -0.467 e. The van der Waals surface area contributed by atoms with Crippen molar-refractivity contribution in [2.24, 2.45) is 10.9 Å². The lowest BCUT2D eigenvalue weighted by atomic mass is 9.93. The maximum absolute atomic E-state index is 6.08. The summed E-state index contributed by atoms with van der Waals surface area (Å²) < 4.78 is 11.3. The van der Waals surface area contributed by atoms with E-state index in [0.717, 1.165) is 18.6 Å². The fraction of sp³-hybridized carbons (Fsp3) is 0.292. The van der Waals surface area contributed by atoms with E-state index >= 15 is 0 Å². The van der Waals surface area contributed by atoms with Crippen LogP contribution in [0.25, 0.3) is 0 Å². The number of rotatable bonds is 8. The van der Waals surface area contributed by atoms with E-state index in [1.54, 1.807) is 7.11 Å². The molecule has 2 unspecified atom stereocenters. The van der Waals surface area contributed by atoms with Gasteiger partial charge in [-0.25, -0.2) is 0 Å². The molecule has 0 aliphatic heterocycles. The minimum absolute atomic E-state index is 0.256. The second-order valence-electron chi connectivity index (χ2n) is 6.91. The largest absolute Gasteiger partial charge is 0.467 e. The predicted octanol–water partition coefficient (Wildman–Crippen LogP) is 4.33. The van der Waals surface area contributed by atoms with Gasteiger partial charge in [0.15, 0.2) is 6.79 Å². The Morgan fingerprint density at radius 3 is 2.79 bits per heavy atom. The van der Waals surface area contributed by atoms with Crippen molar-refractivity contribution in [1.29, 1.82) is 0 Å². The quantitative estimate of drug-likeness (QED) is 0.380. The topological polar surface area (TPSA) is 30.8 Å². The van der Waals surface area contributed by atoms with E-state index in [1.165, 1.54) is 27.3 Å². The molecule has 2 aromatic rings. The molecule has 1 aliphatic carbocycles. The summed E-state index contributed by atoms with van der Waals surface area (Å²) in [6.07, 6.45) is 12.7. The molecule has 2 aromatic carbocycles. The standard InChI is InChI=1S/C24H28NO2P/c1-18-9-7-13-21(16-25-2)24(18)28-22-14-8-12-20(23(22)27-17-26-3)15-19-10-5-4-6-11-19/h4-10,12-14,16,19,28H,11,15,17H2,1-3H3/b25-16+. The first kappa shape index (κ1) is 20.5. The van der Waals surface area contributed by atoms with Gasteiger partial charge in [0.1, 0.15) is 5.75 Å². The number of aliphatic imine (C=N–C) groups is 1. The summed E-state index contributed by atoms with van der Waals surface area (Å²) >= 11 is 0. The van der Waals surface area contributed by atoms with Crippen molar-refractivity contribution in [3.05, 3.63) is 77.4 Å². The first-order valence-corrected chi connectivity index (χ1v) is 10.6. The summed E-state index contributed by atoms with van der Waals surface area (Å²) in [5.74, 6) is 1.48. The van der Waals surface area contributed by atoms with E-state index in [2.05, 4.69) is 72.6 Å². The van der Waals surface area contributed by atoms with Crippen LogP contribution in [-0.4, -0.2) is 27.2 Å². The molecule has 0 heterocycles. The average molecular weight is 393 g/mol. The Bertz CT molecular complexity index is 886. The fourth-order valence-electron chi connectivity index (χ4n) is 3.44. The Morgan fingerprint density at radius 1 is 1.18 bits per heavy atom. The molecule has 0 bridgehead atoms. The van der Waals surface area contributed by atoms with Gasteiger partial charge in [0.25, 0.3) is 0 Å². The third-order valence-corrected chi connectivity index (χ3v) is 6.40. The molecule has 0 aromatic heterocycles. The van der Waals surface area contributed by atoms with Crippen LogP contribution in [0.15, 0.2) is 65.7 Å². The normalized spacial score (nSPS) is 16.5. The zero-order valence-corrected chi connectivity index (χ0v) is 17.8. The Labute approximate surface area is 170 Å². The average Bonchev–Trinajstić information content (AvgIpc) is 2.71. The van der Waals surface area contributed by atoms with Crippen LogP contribution < -0.4 is 15.3 Å². The minimum atomic E-state index is 0.256. The number of para-hydroxylation sites is 1. The molecule has 0 fully saturated rings. The second-order valence-corrected chi connectivity index (χ2v) is 8.20. The van der Waals surface area contributed by atoms with Crippen molar-refractivity contribution in [3.63, 3.8) is 0 Å². The van der Waals surface area contributed by atoms with E-state index in [4.69, 9.17) is 9.47 Å². The van der Waals surface area contributed by atoms with Crippen molar-refractivity contribution < 1.29 is 9.47 Å². The van der Waals surface area contributed by atoms with Gasteiger partial charge in [0.05, 0.1) is 0 Å². The Morgan fingerprint density at radius 2 is 2.04 bits per heavy atom. The van der Waals surface area contributed by atoms with Crippen LogP contribution in [0, 0.1) is 12.8 Å². The van der Waals surface area contributed by atoms with Gasteiger partial charge in [0.2, 0.25) is 0 Å². The molecule has 28 heavy (non-hydrogen) atoms. The Kier molecular flexibility index (Phi) is 7.59. The van der Waals surface area contributed by atoms with E-state index < -0.39 is 0 Å². The van der Waals surface area contributed by atoms with Crippen LogP contribution in [0.3, 0.4) is 0 Å². The molecule has 0 saturated carbocycles. The first-order chi connectivity index (χ1) is 13.7. The predicted molar refractivity (Wildman–Crippen MR) is 121 cm³/mol. The van der Waals surface area contributed by atoms with Gasteiger partial charge in [-0.3, -0.25) is 4.99 Å². The van der Waals surface area contributed by atoms with Gasteiger partial charge in [-0.15, -0.1) is 0 Å². The van der Waals surface area contributed by atoms with Gasteiger partial charge in [-0.2, -0.15) is 0 Å². The van der Waals surface area contributed by atoms with Gasteiger partial charge >= 0.3 is 0 Å². The lowest BCUT2D eigenvalue weighted by Gasteiger charge is -2.20. The molecule has 0 saturated heterocycles. The molecule has 146 valence electrons. The number of ether oxygens (including phenoxy) is 2. The lowest BCUT2D eigenvalue weighted by molar-refractivity contribution is 0.0511. The monoisotopic (exact) mass is 393 g/mol. The van der Waals surface area contributed by atoms with Gasteiger partial charge in [0, 0.05) is 31.2 Å². The van der Waals surface area contributed by atoms with E-state index in [9.17, 15) is 0 Å². The van der Waals surface area contributed by atoms with Crippen molar-refractivity contribution in [2.75, 3.05) is 21.0 Å². The highest BCUT2D eigenvalue weighted by molar-refractivity contribution is 7.56. The van der Waals surface area contributed by atoms with Crippen LogP contribution in [-0.2, 0) is 11.2 Å². The summed E-state index contributed by atoms with van der Waals surface area (Å²) in [5, 5.41) is 2.53. The molecule has 0 amide bonds. The van der Waals surface area contributed by atoms with Crippen molar-refractivity contribution in [2.45, 2.75) is 19.8 Å². The SMILES string of the molecule is C/N=C/c1cccc(C)c1Pc1cccc(CC2C=CC=CC2)c1OCOC. The maximum Gasteiger partial charge on any atom is 0.188 e. The zero-order valence-electron chi connectivity index (χ0n) is 16.8. The van der Waals surface area contributed by atoms with Crippen LogP contribution >= 0.6 is 8.58 Å². The van der Waals surface area contributed by atoms with Crippen molar-refractivity contribution >= 4 is 25.4 Å². The summed E-state index contributed by atoms with van der Waals surface area (Å²) in [5.41, 5.74) is 3.69. The van der Waals surface area contributed by atoms with Gasteiger partial charge in [-0.1, -0.05) is 69.3 Å². The molecule has 0 radical (unpaired) electrons. The third kappa shape index (κ3) is 5.19.